The van der Waals surface area contributed by atoms with Crippen molar-refractivity contribution in [1.29, 1.82) is 0 Å². The molecule has 0 unspecified atom stereocenters. The summed E-state index contributed by atoms with van der Waals surface area (Å²) < 4.78 is 7.21. The number of ether oxygens (including phenoxy) is 1. The van der Waals surface area contributed by atoms with E-state index in [1.54, 1.807) is 18.9 Å². The van der Waals surface area contributed by atoms with Crippen LogP contribution in [-0.2, 0) is 16.1 Å². The van der Waals surface area contributed by atoms with E-state index in [-0.39, 0.29) is 11.8 Å². The summed E-state index contributed by atoms with van der Waals surface area (Å²) in [7, 11) is 1.63. The Morgan fingerprint density at radius 3 is 2.29 bits per heavy atom. The van der Waals surface area contributed by atoms with Crippen molar-refractivity contribution in [2.75, 3.05) is 39.0 Å². The summed E-state index contributed by atoms with van der Waals surface area (Å²) in [5, 5.41) is 9.32. The van der Waals surface area contributed by atoms with Crippen LogP contribution in [0.1, 0.15) is 13.8 Å². The second-order valence-electron chi connectivity index (χ2n) is 6.45. The fourth-order valence-electron chi connectivity index (χ4n) is 3.12. The Bertz CT molecular complexity index is 829. The van der Waals surface area contributed by atoms with E-state index in [2.05, 4.69) is 10.2 Å². The molecule has 2 heterocycles. The van der Waals surface area contributed by atoms with Crippen LogP contribution in [-0.4, -0.2) is 75.4 Å². The minimum atomic E-state index is 0.0589. The number of thioether (sulfide) groups is 1. The van der Waals surface area contributed by atoms with Gasteiger partial charge in [-0.2, -0.15) is 0 Å². The van der Waals surface area contributed by atoms with E-state index in [1.165, 1.54) is 11.8 Å². The van der Waals surface area contributed by atoms with Gasteiger partial charge in [0, 0.05) is 45.2 Å². The molecule has 0 bridgehead atoms. The first-order valence-corrected chi connectivity index (χ1v) is 10.3. The first-order chi connectivity index (χ1) is 13.5. The number of nitrogens with zero attached hydrogens (tertiary/aromatic N) is 5. The van der Waals surface area contributed by atoms with Crippen LogP contribution in [0.5, 0.6) is 5.75 Å². The lowest BCUT2D eigenvalue weighted by atomic mass is 10.2. The van der Waals surface area contributed by atoms with Crippen LogP contribution in [0.2, 0.25) is 0 Å². The number of methoxy groups -OCH3 is 1. The molecule has 1 aliphatic heterocycles. The van der Waals surface area contributed by atoms with Gasteiger partial charge in [0.25, 0.3) is 0 Å². The summed E-state index contributed by atoms with van der Waals surface area (Å²) in [6.07, 6.45) is 0. The van der Waals surface area contributed by atoms with Crippen molar-refractivity contribution in [3.05, 3.63) is 24.3 Å². The van der Waals surface area contributed by atoms with Crippen LogP contribution >= 0.6 is 11.8 Å². The molecule has 0 atom stereocenters. The van der Waals surface area contributed by atoms with Crippen molar-refractivity contribution in [2.45, 2.75) is 25.5 Å². The van der Waals surface area contributed by atoms with Crippen LogP contribution in [0.25, 0.3) is 11.4 Å². The fraction of sp³-hybridized carbons (Fsp3) is 0.474. The number of benzene rings is 1. The third-order valence-electron chi connectivity index (χ3n) is 4.78. The van der Waals surface area contributed by atoms with Crippen molar-refractivity contribution < 1.29 is 14.3 Å². The minimum Gasteiger partial charge on any atom is -0.497 e. The number of hydrogen-bond acceptors (Lipinski definition) is 6. The maximum atomic E-state index is 12.5. The van der Waals surface area contributed by atoms with E-state index in [0.717, 1.165) is 22.3 Å². The second kappa shape index (κ2) is 9.09. The van der Waals surface area contributed by atoms with E-state index >= 15 is 0 Å². The molecule has 0 radical (unpaired) electrons. The second-order valence-corrected chi connectivity index (χ2v) is 7.40. The van der Waals surface area contributed by atoms with Gasteiger partial charge in [-0.05, 0) is 31.2 Å². The van der Waals surface area contributed by atoms with E-state index in [4.69, 9.17) is 4.74 Å². The summed E-state index contributed by atoms with van der Waals surface area (Å²) >= 11 is 1.40. The minimum absolute atomic E-state index is 0.0589. The Morgan fingerprint density at radius 1 is 1.07 bits per heavy atom. The third kappa shape index (κ3) is 4.46. The molecule has 0 saturated carbocycles. The zero-order valence-corrected chi connectivity index (χ0v) is 17.2. The van der Waals surface area contributed by atoms with Gasteiger partial charge in [0.15, 0.2) is 11.0 Å². The molecule has 0 aliphatic carbocycles. The van der Waals surface area contributed by atoms with E-state index in [9.17, 15) is 9.59 Å². The Balaban J connectivity index is 1.62. The molecule has 9 heteroatoms. The molecular formula is C19H25N5O3S. The number of rotatable bonds is 6. The van der Waals surface area contributed by atoms with Gasteiger partial charge in [-0.15, -0.1) is 10.2 Å². The zero-order valence-electron chi connectivity index (χ0n) is 16.4. The monoisotopic (exact) mass is 403 g/mol. The van der Waals surface area contributed by atoms with Crippen molar-refractivity contribution in [2.24, 2.45) is 0 Å². The number of piperazine rings is 1. The Morgan fingerprint density at radius 2 is 1.71 bits per heavy atom. The average Bonchev–Trinajstić information content (AvgIpc) is 3.15. The van der Waals surface area contributed by atoms with Gasteiger partial charge in [0.05, 0.1) is 12.9 Å². The molecule has 2 amide bonds. The van der Waals surface area contributed by atoms with E-state index in [1.807, 2.05) is 40.7 Å². The molecule has 1 aromatic carbocycles. The normalized spacial score (nSPS) is 14.2. The maximum absolute atomic E-state index is 12.5. The molecular weight excluding hydrogens is 378 g/mol. The maximum Gasteiger partial charge on any atom is 0.233 e. The van der Waals surface area contributed by atoms with Gasteiger partial charge in [-0.1, -0.05) is 11.8 Å². The number of amides is 2. The van der Waals surface area contributed by atoms with Crippen molar-refractivity contribution >= 4 is 23.6 Å². The number of carbonyl (C=O) groups excluding carboxylic acids is 2. The SMILES string of the molecule is CCn1c(SCC(=O)N2CCN(C(C)=O)CC2)nnc1-c1ccc(OC)cc1. The molecule has 2 aromatic rings. The average molecular weight is 404 g/mol. The highest BCUT2D eigenvalue weighted by molar-refractivity contribution is 7.99. The highest BCUT2D eigenvalue weighted by Gasteiger charge is 2.23. The molecule has 1 fully saturated rings. The van der Waals surface area contributed by atoms with Gasteiger partial charge in [0.1, 0.15) is 5.75 Å². The fourth-order valence-corrected chi connectivity index (χ4v) is 4.03. The van der Waals surface area contributed by atoms with Gasteiger partial charge in [0.2, 0.25) is 11.8 Å². The number of aromatic nitrogens is 3. The Labute approximate surface area is 168 Å². The number of hydrogen-bond donors (Lipinski definition) is 0. The molecule has 3 rings (SSSR count). The van der Waals surface area contributed by atoms with E-state index in [0.29, 0.717) is 38.5 Å². The molecule has 28 heavy (non-hydrogen) atoms. The summed E-state index contributed by atoms with van der Waals surface area (Å²) in [5.74, 6) is 1.99. The predicted octanol–water partition coefficient (Wildman–Crippen LogP) is 1.76. The van der Waals surface area contributed by atoms with Crippen LogP contribution in [0.4, 0.5) is 0 Å². The predicted molar refractivity (Wildman–Crippen MR) is 107 cm³/mol. The summed E-state index contributed by atoms with van der Waals surface area (Å²) in [4.78, 5) is 27.5. The topological polar surface area (TPSA) is 80.6 Å². The largest absolute Gasteiger partial charge is 0.497 e. The highest BCUT2D eigenvalue weighted by Crippen LogP contribution is 2.25. The highest BCUT2D eigenvalue weighted by atomic mass is 32.2. The van der Waals surface area contributed by atoms with Gasteiger partial charge >= 0.3 is 0 Å². The van der Waals surface area contributed by atoms with Gasteiger partial charge in [-0.3, -0.25) is 9.59 Å². The molecule has 1 saturated heterocycles. The van der Waals surface area contributed by atoms with Gasteiger partial charge in [-0.25, -0.2) is 0 Å². The lowest BCUT2D eigenvalue weighted by Crippen LogP contribution is -2.50. The van der Waals surface area contributed by atoms with Crippen LogP contribution in [0.15, 0.2) is 29.4 Å². The van der Waals surface area contributed by atoms with Crippen LogP contribution in [0, 0.1) is 0 Å². The summed E-state index contributed by atoms with van der Waals surface area (Å²) in [6.45, 7) is 6.65. The van der Waals surface area contributed by atoms with Crippen LogP contribution in [0.3, 0.4) is 0 Å². The Hall–Kier alpha value is -2.55. The molecule has 1 aliphatic rings. The summed E-state index contributed by atoms with van der Waals surface area (Å²) in [5.41, 5.74) is 0.952. The van der Waals surface area contributed by atoms with Crippen molar-refractivity contribution in [1.82, 2.24) is 24.6 Å². The molecule has 0 spiro atoms. The standard InChI is InChI=1S/C19H25N5O3S/c1-4-24-18(15-5-7-16(27-3)8-6-15)20-21-19(24)28-13-17(26)23-11-9-22(10-12-23)14(2)25/h5-8H,4,9-13H2,1-3H3. The molecule has 0 N–H and O–H groups in total. The smallest absolute Gasteiger partial charge is 0.233 e. The first kappa shape index (κ1) is 20.2. The quantitative estimate of drug-likeness (QED) is 0.684. The van der Waals surface area contributed by atoms with Crippen molar-refractivity contribution in [3.63, 3.8) is 0 Å². The lowest BCUT2D eigenvalue weighted by molar-refractivity contribution is -0.136. The number of carbonyl (C=O) groups is 2. The van der Waals surface area contributed by atoms with Crippen LogP contribution < -0.4 is 4.74 Å². The zero-order chi connectivity index (χ0) is 20.1. The third-order valence-corrected chi connectivity index (χ3v) is 5.74. The van der Waals surface area contributed by atoms with E-state index < -0.39 is 0 Å². The van der Waals surface area contributed by atoms with Crippen molar-refractivity contribution in [3.8, 4) is 17.1 Å². The molecule has 150 valence electrons. The lowest BCUT2D eigenvalue weighted by Gasteiger charge is -2.34. The Kier molecular flexibility index (Phi) is 6.56. The first-order valence-electron chi connectivity index (χ1n) is 9.27. The molecule has 1 aromatic heterocycles. The molecule has 8 nitrogen and oxygen atoms in total. The summed E-state index contributed by atoms with van der Waals surface area (Å²) in [6, 6.07) is 7.67. The van der Waals surface area contributed by atoms with Gasteiger partial charge < -0.3 is 19.1 Å².